The highest BCUT2D eigenvalue weighted by molar-refractivity contribution is 7.99. The van der Waals surface area contributed by atoms with Crippen LogP contribution in [0.2, 0.25) is 0 Å². The van der Waals surface area contributed by atoms with E-state index in [9.17, 15) is 18.9 Å². The normalized spacial score (nSPS) is 11.0. The minimum Gasteiger partial charge on any atom is -0.427 e. The van der Waals surface area contributed by atoms with Crippen LogP contribution in [0, 0.1) is 10.1 Å². The van der Waals surface area contributed by atoms with E-state index in [1.54, 1.807) is 0 Å². The van der Waals surface area contributed by atoms with Crippen molar-refractivity contribution < 1.29 is 22.9 Å². The molecule has 0 aliphatic carbocycles. The van der Waals surface area contributed by atoms with Crippen LogP contribution in [0.25, 0.3) is 10.8 Å². The summed E-state index contributed by atoms with van der Waals surface area (Å²) in [7, 11) is 0. The lowest BCUT2D eigenvalue weighted by molar-refractivity contribution is -0.386. The second kappa shape index (κ2) is 6.93. The minimum absolute atomic E-state index is 0.176. The van der Waals surface area contributed by atoms with Gasteiger partial charge in [0.1, 0.15) is 0 Å². The van der Waals surface area contributed by atoms with Gasteiger partial charge < -0.3 is 9.15 Å². The molecule has 0 saturated carbocycles. The van der Waals surface area contributed by atoms with Crippen LogP contribution in [0.1, 0.15) is 0 Å². The van der Waals surface area contributed by atoms with Crippen molar-refractivity contribution in [3.05, 3.63) is 45.8 Å². The van der Waals surface area contributed by atoms with Gasteiger partial charge in [-0.15, -0.1) is 21.5 Å². The molecule has 24 heavy (non-hydrogen) atoms. The largest absolute Gasteiger partial charge is 0.427 e. The summed E-state index contributed by atoms with van der Waals surface area (Å²) in [6, 6.07) is 7.24. The highest BCUT2D eigenvalue weighted by Gasteiger charge is 2.20. The predicted molar refractivity (Wildman–Crippen MR) is 81.5 cm³/mol. The van der Waals surface area contributed by atoms with E-state index in [1.165, 1.54) is 17.4 Å². The molecule has 0 unspecified atom stereocenters. The quantitative estimate of drug-likeness (QED) is 0.467. The van der Waals surface area contributed by atoms with E-state index in [2.05, 4.69) is 14.9 Å². The number of hydrogen-bond acceptors (Lipinski definition) is 8. The van der Waals surface area contributed by atoms with Crippen molar-refractivity contribution >= 4 is 28.8 Å². The van der Waals surface area contributed by atoms with Crippen molar-refractivity contribution in [3.63, 3.8) is 0 Å². The Morgan fingerprint density at radius 3 is 2.83 bits per heavy atom. The number of alkyl halides is 2. The van der Waals surface area contributed by atoms with Crippen molar-refractivity contribution in [3.8, 4) is 16.5 Å². The van der Waals surface area contributed by atoms with Crippen LogP contribution in [0.4, 0.5) is 14.5 Å². The zero-order valence-corrected chi connectivity index (χ0v) is 13.2. The number of aromatic nitrogens is 2. The van der Waals surface area contributed by atoms with Crippen molar-refractivity contribution in [2.45, 2.75) is 16.7 Å². The van der Waals surface area contributed by atoms with E-state index >= 15 is 0 Å². The molecule has 0 spiro atoms. The fourth-order valence-corrected chi connectivity index (χ4v) is 3.10. The van der Waals surface area contributed by atoms with Gasteiger partial charge in [-0.05, 0) is 29.3 Å². The van der Waals surface area contributed by atoms with Gasteiger partial charge in [-0.3, -0.25) is 10.1 Å². The second-order valence-corrected chi connectivity index (χ2v) is 6.19. The molecule has 1 aromatic carbocycles. The summed E-state index contributed by atoms with van der Waals surface area (Å²) < 4.78 is 34.4. The van der Waals surface area contributed by atoms with Gasteiger partial charge in [0, 0.05) is 17.0 Å². The van der Waals surface area contributed by atoms with Crippen LogP contribution in [0.15, 0.2) is 50.2 Å². The third-order valence-electron chi connectivity index (χ3n) is 2.69. The molecular formula is C13H7F2N3O4S2. The summed E-state index contributed by atoms with van der Waals surface area (Å²) in [6.45, 7) is -3.17. The Hall–Kier alpha value is -2.53. The predicted octanol–water partition coefficient (Wildman–Crippen LogP) is 4.46. The SMILES string of the molecule is O=[N+]([O-])c1ccc(Sc2nnc(-c3cccs3)o2)cc1OC(F)F. The molecule has 3 aromatic rings. The van der Waals surface area contributed by atoms with E-state index in [1.807, 2.05) is 17.5 Å². The number of nitrogens with zero attached hydrogens (tertiary/aromatic N) is 3. The van der Waals surface area contributed by atoms with Crippen LogP contribution in [0.5, 0.6) is 5.75 Å². The molecule has 124 valence electrons. The van der Waals surface area contributed by atoms with Gasteiger partial charge in [0.05, 0.1) is 9.80 Å². The molecule has 2 heterocycles. The Bertz CT molecular complexity index is 855. The first-order valence-electron chi connectivity index (χ1n) is 6.31. The molecule has 0 aliphatic heterocycles. The fraction of sp³-hybridized carbons (Fsp3) is 0.0769. The van der Waals surface area contributed by atoms with E-state index < -0.39 is 23.0 Å². The molecule has 0 atom stereocenters. The number of nitro groups is 1. The molecular weight excluding hydrogens is 364 g/mol. The standard InChI is InChI=1S/C13H7F2N3O4S2/c14-12(15)21-9-6-7(3-4-8(9)18(19)20)24-13-17-16-11(22-13)10-2-1-5-23-10/h1-6,12H. The maximum Gasteiger partial charge on any atom is 0.387 e. The lowest BCUT2D eigenvalue weighted by Gasteiger charge is -2.06. The number of hydrogen-bond donors (Lipinski definition) is 0. The van der Waals surface area contributed by atoms with Crippen LogP contribution in [0.3, 0.4) is 0 Å². The van der Waals surface area contributed by atoms with E-state index in [4.69, 9.17) is 4.42 Å². The lowest BCUT2D eigenvalue weighted by Crippen LogP contribution is -2.04. The number of benzene rings is 1. The lowest BCUT2D eigenvalue weighted by atomic mass is 10.3. The van der Waals surface area contributed by atoms with Gasteiger partial charge in [-0.2, -0.15) is 8.78 Å². The van der Waals surface area contributed by atoms with Gasteiger partial charge in [-0.25, -0.2) is 0 Å². The third-order valence-corrected chi connectivity index (χ3v) is 4.37. The first-order valence-corrected chi connectivity index (χ1v) is 8.01. The maximum absolute atomic E-state index is 12.4. The molecule has 0 bridgehead atoms. The summed E-state index contributed by atoms with van der Waals surface area (Å²) in [5.74, 6) is -0.198. The van der Waals surface area contributed by atoms with Crippen molar-refractivity contribution in [2.24, 2.45) is 0 Å². The monoisotopic (exact) mass is 371 g/mol. The Labute approximate surface area is 141 Å². The minimum atomic E-state index is -3.17. The Kier molecular flexibility index (Phi) is 4.71. The third kappa shape index (κ3) is 3.68. The molecule has 7 nitrogen and oxygen atoms in total. The van der Waals surface area contributed by atoms with Crippen molar-refractivity contribution in [1.82, 2.24) is 10.2 Å². The summed E-state index contributed by atoms with van der Waals surface area (Å²) in [6.07, 6.45) is 0. The number of halogens is 2. The Balaban J connectivity index is 1.83. The summed E-state index contributed by atoms with van der Waals surface area (Å²) >= 11 is 2.41. The highest BCUT2D eigenvalue weighted by atomic mass is 32.2. The summed E-state index contributed by atoms with van der Waals surface area (Å²) in [5, 5.41) is 20.6. The number of rotatable bonds is 6. The molecule has 0 amide bonds. The van der Waals surface area contributed by atoms with Gasteiger partial charge in [0.2, 0.25) is 5.75 Å². The van der Waals surface area contributed by atoms with Crippen molar-refractivity contribution in [2.75, 3.05) is 0 Å². The fourth-order valence-electron chi connectivity index (χ4n) is 1.75. The molecule has 0 radical (unpaired) electrons. The molecule has 3 rings (SSSR count). The van der Waals surface area contributed by atoms with Gasteiger partial charge in [0.25, 0.3) is 11.1 Å². The number of ether oxygens (including phenoxy) is 1. The van der Waals surface area contributed by atoms with Crippen LogP contribution >= 0.6 is 23.1 Å². The van der Waals surface area contributed by atoms with Crippen LogP contribution in [-0.4, -0.2) is 21.7 Å². The molecule has 11 heteroatoms. The number of thiophene rings is 1. The first-order chi connectivity index (χ1) is 11.5. The van der Waals surface area contributed by atoms with E-state index in [0.717, 1.165) is 28.8 Å². The maximum atomic E-state index is 12.4. The average Bonchev–Trinajstić information content (AvgIpc) is 3.17. The van der Waals surface area contributed by atoms with Gasteiger partial charge >= 0.3 is 12.3 Å². The highest BCUT2D eigenvalue weighted by Crippen LogP contribution is 2.36. The molecule has 2 aromatic heterocycles. The van der Waals surface area contributed by atoms with E-state index in [-0.39, 0.29) is 5.22 Å². The summed E-state index contributed by atoms with van der Waals surface area (Å²) in [5.41, 5.74) is -0.551. The van der Waals surface area contributed by atoms with E-state index in [0.29, 0.717) is 10.8 Å². The Morgan fingerprint density at radius 1 is 1.33 bits per heavy atom. The molecule has 0 saturated heterocycles. The summed E-state index contributed by atoms with van der Waals surface area (Å²) in [4.78, 5) is 11.2. The average molecular weight is 371 g/mol. The second-order valence-electron chi connectivity index (χ2n) is 4.22. The first kappa shape index (κ1) is 16.3. The molecule has 0 fully saturated rings. The molecule has 0 aliphatic rings. The zero-order valence-electron chi connectivity index (χ0n) is 11.6. The Morgan fingerprint density at radius 2 is 2.17 bits per heavy atom. The molecule has 0 N–H and O–H groups in total. The van der Waals surface area contributed by atoms with Crippen LogP contribution in [-0.2, 0) is 0 Å². The topological polar surface area (TPSA) is 91.3 Å². The van der Waals surface area contributed by atoms with Crippen LogP contribution < -0.4 is 4.74 Å². The van der Waals surface area contributed by atoms with Gasteiger partial charge in [-0.1, -0.05) is 6.07 Å². The zero-order chi connectivity index (χ0) is 17.1. The number of nitro benzene ring substituents is 1. The van der Waals surface area contributed by atoms with Gasteiger partial charge in [0.15, 0.2) is 0 Å². The van der Waals surface area contributed by atoms with Crippen molar-refractivity contribution in [1.29, 1.82) is 0 Å². The smallest absolute Gasteiger partial charge is 0.387 e.